The number of hydrogen-bond acceptors (Lipinski definition) is 3. The van der Waals surface area contributed by atoms with E-state index in [0.717, 1.165) is 13.0 Å². The van der Waals surface area contributed by atoms with E-state index in [9.17, 15) is 5.11 Å². The van der Waals surface area contributed by atoms with E-state index in [-0.39, 0.29) is 12.1 Å². The van der Waals surface area contributed by atoms with Crippen LogP contribution in [0.4, 0.5) is 0 Å². The highest BCUT2D eigenvalue weighted by Crippen LogP contribution is 2.11. The van der Waals surface area contributed by atoms with Gasteiger partial charge in [-0.3, -0.25) is 0 Å². The maximum absolute atomic E-state index is 9.38. The van der Waals surface area contributed by atoms with Gasteiger partial charge in [0.25, 0.3) is 0 Å². The number of nitrogens with zero attached hydrogens (tertiary/aromatic N) is 2. The zero-order valence-corrected chi connectivity index (χ0v) is 9.77. The second kappa shape index (κ2) is 5.28. The van der Waals surface area contributed by atoms with Crippen LogP contribution in [-0.2, 0) is 6.54 Å². The summed E-state index contributed by atoms with van der Waals surface area (Å²) in [5.74, 6) is 0. The molecule has 1 heterocycles. The van der Waals surface area contributed by atoms with Crippen molar-refractivity contribution in [3.63, 3.8) is 0 Å². The molecule has 1 unspecified atom stereocenters. The zero-order valence-electron chi connectivity index (χ0n) is 9.77. The smallest absolute Gasteiger partial charge is 0.0945 e. The lowest BCUT2D eigenvalue weighted by molar-refractivity contribution is 0.152. The summed E-state index contributed by atoms with van der Waals surface area (Å²) in [5.41, 5.74) is -0.210. The molecule has 0 aliphatic rings. The van der Waals surface area contributed by atoms with Crippen molar-refractivity contribution < 1.29 is 5.11 Å². The first-order valence-electron chi connectivity index (χ1n) is 5.40. The molecule has 0 aliphatic heterocycles. The lowest BCUT2D eigenvalue weighted by Crippen LogP contribution is -2.49. The minimum Gasteiger partial charge on any atom is -0.394 e. The van der Waals surface area contributed by atoms with Crippen LogP contribution in [0.3, 0.4) is 0 Å². The summed E-state index contributed by atoms with van der Waals surface area (Å²) in [7, 11) is 0. The van der Waals surface area contributed by atoms with Gasteiger partial charge < -0.3 is 15.0 Å². The van der Waals surface area contributed by atoms with E-state index in [2.05, 4.69) is 24.1 Å². The van der Waals surface area contributed by atoms with Crippen LogP contribution in [-0.4, -0.2) is 32.8 Å². The number of aromatic nitrogens is 2. The molecule has 4 nitrogen and oxygen atoms in total. The molecule has 1 aromatic rings. The van der Waals surface area contributed by atoms with Gasteiger partial charge in [0.2, 0.25) is 0 Å². The molecule has 0 aliphatic carbocycles. The molecule has 0 amide bonds. The summed E-state index contributed by atoms with van der Waals surface area (Å²) in [5, 5.41) is 12.8. The fourth-order valence-electron chi connectivity index (χ4n) is 1.69. The molecule has 0 radical (unpaired) electrons. The third-order valence-corrected chi connectivity index (χ3v) is 2.47. The molecule has 86 valence electrons. The molecule has 2 N–H and O–H groups in total. The molecular weight excluding hydrogens is 190 g/mol. The molecule has 0 spiro atoms. The number of hydrogen-bond donors (Lipinski definition) is 2. The Morgan fingerprint density at radius 2 is 2.27 bits per heavy atom. The average Bonchev–Trinajstić information content (AvgIpc) is 2.66. The fraction of sp³-hybridized carbons (Fsp3) is 0.727. The molecule has 4 heteroatoms. The molecule has 15 heavy (non-hydrogen) atoms. The Bertz CT molecular complexity index is 271. The van der Waals surface area contributed by atoms with Crippen molar-refractivity contribution >= 4 is 0 Å². The van der Waals surface area contributed by atoms with Crippen LogP contribution >= 0.6 is 0 Å². The zero-order chi connectivity index (χ0) is 11.3. The predicted molar refractivity (Wildman–Crippen MR) is 60.6 cm³/mol. The first-order chi connectivity index (χ1) is 7.06. The summed E-state index contributed by atoms with van der Waals surface area (Å²) in [6.45, 7) is 7.25. The van der Waals surface area contributed by atoms with E-state index in [0.29, 0.717) is 6.04 Å². The van der Waals surface area contributed by atoms with Crippen LogP contribution < -0.4 is 5.32 Å². The topological polar surface area (TPSA) is 50.1 Å². The lowest BCUT2D eigenvalue weighted by atomic mass is 9.98. The fourth-order valence-corrected chi connectivity index (χ4v) is 1.69. The predicted octanol–water partition coefficient (Wildman–Crippen LogP) is 1.02. The number of nitrogens with one attached hydrogen (secondary N) is 1. The van der Waals surface area contributed by atoms with Crippen LogP contribution in [0.15, 0.2) is 18.7 Å². The normalized spacial score (nSPS) is 15.5. The minimum absolute atomic E-state index is 0.153. The van der Waals surface area contributed by atoms with E-state index < -0.39 is 0 Å². The highest BCUT2D eigenvalue weighted by atomic mass is 16.3. The van der Waals surface area contributed by atoms with E-state index in [1.54, 1.807) is 12.5 Å². The minimum atomic E-state index is -0.210. The van der Waals surface area contributed by atoms with E-state index in [1.165, 1.54) is 0 Å². The van der Waals surface area contributed by atoms with E-state index in [4.69, 9.17) is 0 Å². The molecule has 0 saturated heterocycles. The highest BCUT2D eigenvalue weighted by Gasteiger charge is 2.23. The van der Waals surface area contributed by atoms with Gasteiger partial charge in [-0.05, 0) is 13.3 Å². The van der Waals surface area contributed by atoms with Gasteiger partial charge in [0.15, 0.2) is 0 Å². The Hall–Kier alpha value is -0.870. The van der Waals surface area contributed by atoms with Crippen LogP contribution in [0.25, 0.3) is 0 Å². The summed E-state index contributed by atoms with van der Waals surface area (Å²) in [6, 6.07) is 0.380. The summed E-state index contributed by atoms with van der Waals surface area (Å²) >= 11 is 0. The maximum atomic E-state index is 9.38. The second-order valence-corrected chi connectivity index (χ2v) is 4.57. The van der Waals surface area contributed by atoms with Crippen molar-refractivity contribution in [3.8, 4) is 0 Å². The van der Waals surface area contributed by atoms with Crippen molar-refractivity contribution in [1.82, 2.24) is 14.9 Å². The van der Waals surface area contributed by atoms with Crippen molar-refractivity contribution in [2.45, 2.75) is 45.3 Å². The van der Waals surface area contributed by atoms with Crippen LogP contribution in [0.2, 0.25) is 0 Å². The van der Waals surface area contributed by atoms with Gasteiger partial charge in [-0.1, -0.05) is 13.8 Å². The van der Waals surface area contributed by atoms with Gasteiger partial charge in [0, 0.05) is 30.5 Å². The number of rotatable bonds is 6. The molecule has 1 rings (SSSR count). The Kier molecular flexibility index (Phi) is 4.29. The van der Waals surface area contributed by atoms with Crippen molar-refractivity contribution in [2.75, 3.05) is 6.61 Å². The molecule has 0 aromatic carbocycles. The van der Waals surface area contributed by atoms with Crippen LogP contribution in [0.1, 0.15) is 27.2 Å². The summed E-state index contributed by atoms with van der Waals surface area (Å²) < 4.78 is 2.02. The third-order valence-electron chi connectivity index (χ3n) is 2.47. The van der Waals surface area contributed by atoms with Gasteiger partial charge in [0.1, 0.15) is 0 Å². The van der Waals surface area contributed by atoms with Crippen molar-refractivity contribution in [1.29, 1.82) is 0 Å². The quantitative estimate of drug-likeness (QED) is 0.738. The summed E-state index contributed by atoms with van der Waals surface area (Å²) in [4.78, 5) is 3.99. The number of imidazole rings is 1. The maximum Gasteiger partial charge on any atom is 0.0945 e. The van der Waals surface area contributed by atoms with Gasteiger partial charge in [-0.2, -0.15) is 0 Å². The molecule has 0 fully saturated rings. The lowest BCUT2D eigenvalue weighted by Gasteiger charge is -2.31. The van der Waals surface area contributed by atoms with Gasteiger partial charge >= 0.3 is 0 Å². The first-order valence-corrected chi connectivity index (χ1v) is 5.40. The Morgan fingerprint density at radius 1 is 1.53 bits per heavy atom. The van der Waals surface area contributed by atoms with E-state index in [1.807, 2.05) is 17.7 Å². The Labute approximate surface area is 91.3 Å². The van der Waals surface area contributed by atoms with Crippen LogP contribution in [0, 0.1) is 0 Å². The monoisotopic (exact) mass is 211 g/mol. The molecular formula is C11H21N3O. The third kappa shape index (κ3) is 4.01. The second-order valence-electron chi connectivity index (χ2n) is 4.57. The highest BCUT2D eigenvalue weighted by molar-refractivity contribution is 4.85. The van der Waals surface area contributed by atoms with Gasteiger partial charge in [-0.15, -0.1) is 0 Å². The van der Waals surface area contributed by atoms with Gasteiger partial charge in [0.05, 0.1) is 12.9 Å². The van der Waals surface area contributed by atoms with Gasteiger partial charge in [-0.25, -0.2) is 4.98 Å². The summed E-state index contributed by atoms with van der Waals surface area (Å²) in [6.07, 6.45) is 6.39. The average molecular weight is 211 g/mol. The number of aryl methyl sites for hydroxylation is 1. The molecule has 0 bridgehead atoms. The van der Waals surface area contributed by atoms with Crippen molar-refractivity contribution in [3.05, 3.63) is 18.7 Å². The standard InChI is InChI=1S/C11H21N3O/c1-10(2)13-11(3,8-15)4-6-14-7-5-12-9-14/h5,7,9-10,13,15H,4,6,8H2,1-3H3. The van der Waals surface area contributed by atoms with Crippen molar-refractivity contribution in [2.24, 2.45) is 0 Å². The van der Waals surface area contributed by atoms with E-state index >= 15 is 0 Å². The molecule has 0 saturated carbocycles. The first kappa shape index (κ1) is 12.2. The number of aliphatic hydroxyl groups is 1. The Morgan fingerprint density at radius 3 is 2.73 bits per heavy atom. The molecule has 1 aromatic heterocycles. The van der Waals surface area contributed by atoms with Crippen LogP contribution in [0.5, 0.6) is 0 Å². The largest absolute Gasteiger partial charge is 0.394 e. The SMILES string of the molecule is CC(C)NC(C)(CO)CCn1ccnc1. The Balaban J connectivity index is 2.45. The number of aliphatic hydroxyl groups excluding tert-OH is 1. The molecule has 1 atom stereocenters.